The zero-order valence-corrected chi connectivity index (χ0v) is 16.9. The first-order chi connectivity index (χ1) is 12.9. The molecule has 8 heteroatoms. The van der Waals surface area contributed by atoms with E-state index in [1.54, 1.807) is 6.08 Å². The van der Waals surface area contributed by atoms with Crippen LogP contribution in [0.2, 0.25) is 0 Å². The molecule has 0 aromatic heterocycles. The van der Waals surface area contributed by atoms with E-state index in [0.29, 0.717) is 25.2 Å². The Morgan fingerprint density at radius 3 is 2.43 bits per heavy atom. The van der Waals surface area contributed by atoms with Crippen molar-refractivity contribution in [2.45, 2.75) is 70.4 Å². The van der Waals surface area contributed by atoms with Crippen LogP contribution in [0.4, 0.5) is 13.2 Å². The molecule has 4 aliphatic carbocycles. The van der Waals surface area contributed by atoms with Gasteiger partial charge in [0.1, 0.15) is 5.76 Å². The van der Waals surface area contributed by atoms with Gasteiger partial charge in [-0.1, -0.05) is 25.5 Å². The average Bonchev–Trinajstić information content (AvgIpc) is 2.91. The van der Waals surface area contributed by atoms with Crippen molar-refractivity contribution in [3.63, 3.8) is 0 Å². The van der Waals surface area contributed by atoms with Crippen molar-refractivity contribution in [2.24, 2.45) is 28.6 Å². The SMILES string of the molecule is CC12CCC(O)CC1=CCC1C2CCC2(C)C(OS(=O)(=O)C(F)(F)F)=CCC12. The molecule has 2 fully saturated rings. The van der Waals surface area contributed by atoms with Crippen LogP contribution in [0.25, 0.3) is 0 Å². The van der Waals surface area contributed by atoms with E-state index in [4.69, 9.17) is 0 Å². The zero-order chi connectivity index (χ0) is 20.5. The Balaban J connectivity index is 1.60. The van der Waals surface area contributed by atoms with Crippen molar-refractivity contribution in [2.75, 3.05) is 0 Å². The lowest BCUT2D eigenvalue weighted by molar-refractivity contribution is -0.0584. The molecule has 0 heterocycles. The second-order valence-corrected chi connectivity index (χ2v) is 10.9. The molecule has 6 unspecified atom stereocenters. The molecule has 0 radical (unpaired) electrons. The molecule has 1 N–H and O–H groups in total. The van der Waals surface area contributed by atoms with Gasteiger partial charge in [-0.25, -0.2) is 0 Å². The van der Waals surface area contributed by atoms with Gasteiger partial charge in [0, 0.05) is 5.41 Å². The van der Waals surface area contributed by atoms with E-state index in [0.717, 1.165) is 25.7 Å². The largest absolute Gasteiger partial charge is 0.534 e. The van der Waals surface area contributed by atoms with Crippen molar-refractivity contribution >= 4 is 10.1 Å². The molecule has 0 aromatic carbocycles. The topological polar surface area (TPSA) is 63.6 Å². The van der Waals surface area contributed by atoms with Gasteiger partial charge in [-0.3, -0.25) is 0 Å². The monoisotopic (exact) mass is 420 g/mol. The fourth-order valence-electron chi connectivity index (χ4n) is 6.46. The number of fused-ring (bicyclic) bond motifs is 5. The second kappa shape index (κ2) is 6.24. The summed E-state index contributed by atoms with van der Waals surface area (Å²) in [6, 6.07) is 0. The maximum atomic E-state index is 12.8. The highest BCUT2D eigenvalue weighted by Crippen LogP contribution is 2.65. The molecule has 158 valence electrons. The van der Waals surface area contributed by atoms with E-state index in [1.807, 2.05) is 6.92 Å². The van der Waals surface area contributed by atoms with E-state index >= 15 is 0 Å². The Morgan fingerprint density at radius 2 is 1.75 bits per heavy atom. The Morgan fingerprint density at radius 1 is 1.07 bits per heavy atom. The second-order valence-electron chi connectivity index (χ2n) is 9.40. The maximum Gasteiger partial charge on any atom is 0.534 e. The number of alkyl halides is 3. The number of hydrogen-bond acceptors (Lipinski definition) is 4. The molecule has 0 amide bonds. The van der Waals surface area contributed by atoms with Crippen LogP contribution in [0.1, 0.15) is 58.8 Å². The third-order valence-electron chi connectivity index (χ3n) is 8.07. The van der Waals surface area contributed by atoms with Crippen LogP contribution in [0, 0.1) is 28.6 Å². The molecule has 2 saturated carbocycles. The highest BCUT2D eigenvalue weighted by atomic mass is 32.2. The summed E-state index contributed by atoms with van der Waals surface area (Å²) < 4.78 is 66.1. The van der Waals surface area contributed by atoms with Gasteiger partial charge in [0.2, 0.25) is 0 Å². The summed E-state index contributed by atoms with van der Waals surface area (Å²) in [6.45, 7) is 4.11. The van der Waals surface area contributed by atoms with Gasteiger partial charge >= 0.3 is 15.6 Å². The summed E-state index contributed by atoms with van der Waals surface area (Å²) in [6.07, 6.45) is 8.71. The van der Waals surface area contributed by atoms with Crippen LogP contribution < -0.4 is 0 Å². The van der Waals surface area contributed by atoms with Gasteiger partial charge in [0.05, 0.1) is 6.10 Å². The van der Waals surface area contributed by atoms with Gasteiger partial charge < -0.3 is 9.29 Å². The number of halogens is 3. The Bertz CT molecular complexity index is 831. The van der Waals surface area contributed by atoms with Gasteiger partial charge in [0.15, 0.2) is 0 Å². The number of aliphatic hydroxyl groups excluding tert-OH is 1. The smallest absolute Gasteiger partial charge is 0.393 e. The fraction of sp³-hybridized carbons (Fsp3) is 0.800. The van der Waals surface area contributed by atoms with E-state index in [2.05, 4.69) is 17.2 Å². The first-order valence-corrected chi connectivity index (χ1v) is 11.4. The van der Waals surface area contributed by atoms with Gasteiger partial charge in [0.25, 0.3) is 0 Å². The maximum absolute atomic E-state index is 12.8. The predicted octanol–water partition coefficient (Wildman–Crippen LogP) is 4.67. The van der Waals surface area contributed by atoms with Crippen molar-refractivity contribution in [3.05, 3.63) is 23.5 Å². The first-order valence-electron chi connectivity index (χ1n) is 9.97. The van der Waals surface area contributed by atoms with Crippen LogP contribution in [0.5, 0.6) is 0 Å². The quantitative estimate of drug-likeness (QED) is 0.401. The summed E-state index contributed by atoms with van der Waals surface area (Å²) >= 11 is 0. The van der Waals surface area contributed by atoms with E-state index < -0.39 is 21.0 Å². The first kappa shape index (κ1) is 20.3. The van der Waals surface area contributed by atoms with Crippen LogP contribution >= 0.6 is 0 Å². The average molecular weight is 420 g/mol. The summed E-state index contributed by atoms with van der Waals surface area (Å²) in [5, 5.41) is 10.0. The highest BCUT2D eigenvalue weighted by molar-refractivity contribution is 7.87. The lowest BCUT2D eigenvalue weighted by Crippen LogP contribution is -2.50. The molecule has 0 bridgehead atoms. The third-order valence-corrected chi connectivity index (χ3v) is 9.04. The Labute approximate surface area is 164 Å². The van der Waals surface area contributed by atoms with E-state index in [1.165, 1.54) is 5.57 Å². The van der Waals surface area contributed by atoms with Gasteiger partial charge in [-0.2, -0.15) is 21.6 Å². The van der Waals surface area contributed by atoms with Crippen LogP contribution in [-0.4, -0.2) is 25.1 Å². The summed E-state index contributed by atoms with van der Waals surface area (Å²) in [7, 11) is -5.64. The van der Waals surface area contributed by atoms with Gasteiger partial charge in [-0.05, 0) is 74.2 Å². The Hall–Kier alpha value is -1.02. The van der Waals surface area contributed by atoms with E-state index in [9.17, 15) is 26.7 Å². The molecular weight excluding hydrogens is 393 g/mol. The standard InChI is InChI=1S/C20H27F3O4S/c1-18-9-7-13(24)11-12(18)3-4-14-15-5-6-17(19(15,2)10-8-16(14)18)27-28(25,26)20(21,22)23/h3,6,13-16,24H,4-5,7-11H2,1-2H3. The minimum absolute atomic E-state index is 0.0190. The molecule has 4 rings (SSSR count). The van der Waals surface area contributed by atoms with Crippen molar-refractivity contribution < 1.29 is 30.9 Å². The number of rotatable bonds is 2. The van der Waals surface area contributed by atoms with Crippen LogP contribution in [0.3, 0.4) is 0 Å². The minimum Gasteiger partial charge on any atom is -0.393 e. The number of aliphatic hydroxyl groups is 1. The molecule has 0 aliphatic heterocycles. The van der Waals surface area contributed by atoms with Crippen molar-refractivity contribution in [3.8, 4) is 0 Å². The fourth-order valence-corrected chi connectivity index (χ4v) is 7.05. The lowest BCUT2D eigenvalue weighted by Gasteiger charge is -2.57. The Kier molecular flexibility index (Phi) is 4.51. The van der Waals surface area contributed by atoms with Crippen LogP contribution in [0.15, 0.2) is 23.5 Å². The molecule has 0 spiro atoms. The van der Waals surface area contributed by atoms with Crippen molar-refractivity contribution in [1.29, 1.82) is 0 Å². The molecule has 4 aliphatic rings. The zero-order valence-electron chi connectivity index (χ0n) is 16.1. The van der Waals surface area contributed by atoms with E-state index in [-0.39, 0.29) is 29.1 Å². The molecular formula is C20H27F3O4S. The molecule has 28 heavy (non-hydrogen) atoms. The van der Waals surface area contributed by atoms with Gasteiger partial charge in [-0.15, -0.1) is 0 Å². The number of allylic oxidation sites excluding steroid dienone is 3. The predicted molar refractivity (Wildman–Crippen MR) is 97.2 cm³/mol. The third kappa shape index (κ3) is 2.85. The summed E-state index contributed by atoms with van der Waals surface area (Å²) in [5.74, 6) is 0.733. The summed E-state index contributed by atoms with van der Waals surface area (Å²) in [4.78, 5) is 0. The molecule has 6 atom stereocenters. The minimum atomic E-state index is -5.64. The number of hydrogen-bond donors (Lipinski definition) is 1. The van der Waals surface area contributed by atoms with Crippen molar-refractivity contribution in [1.82, 2.24) is 0 Å². The molecule has 4 nitrogen and oxygen atoms in total. The normalized spacial score (nSPS) is 43.4. The summed E-state index contributed by atoms with van der Waals surface area (Å²) in [5.41, 5.74) is -4.77. The lowest BCUT2D eigenvalue weighted by atomic mass is 9.48. The molecule has 0 saturated heterocycles. The molecule has 0 aromatic rings. The highest BCUT2D eigenvalue weighted by Gasteiger charge is 2.59. The van der Waals surface area contributed by atoms with Crippen LogP contribution in [-0.2, 0) is 14.3 Å².